The van der Waals surface area contributed by atoms with E-state index < -0.39 is 29.4 Å². The van der Waals surface area contributed by atoms with Gasteiger partial charge in [-0.2, -0.15) is 13.2 Å². The molecule has 8 heteroatoms. The van der Waals surface area contributed by atoms with Gasteiger partial charge in [0.05, 0.1) is 5.56 Å². The highest BCUT2D eigenvalue weighted by atomic mass is 19.4. The molecule has 0 radical (unpaired) electrons. The van der Waals surface area contributed by atoms with E-state index in [1.807, 2.05) is 62.4 Å². The number of nitrogens with one attached hydrogen (secondary N) is 1. The fourth-order valence-electron chi connectivity index (χ4n) is 4.83. The van der Waals surface area contributed by atoms with E-state index in [2.05, 4.69) is 16.3 Å². The predicted molar refractivity (Wildman–Crippen MR) is 144 cm³/mol. The van der Waals surface area contributed by atoms with Gasteiger partial charge in [0, 0.05) is 24.6 Å². The van der Waals surface area contributed by atoms with E-state index in [-0.39, 0.29) is 11.8 Å². The Morgan fingerprint density at radius 3 is 2.38 bits per heavy atom. The molecule has 1 fully saturated rings. The van der Waals surface area contributed by atoms with Crippen molar-refractivity contribution in [1.82, 2.24) is 4.90 Å². The van der Waals surface area contributed by atoms with E-state index in [0.717, 1.165) is 55.4 Å². The zero-order valence-electron chi connectivity index (χ0n) is 22.2. The molecule has 1 amide bonds. The van der Waals surface area contributed by atoms with Crippen LogP contribution in [0.4, 0.5) is 23.2 Å². The third-order valence-corrected chi connectivity index (χ3v) is 7.14. The number of carbonyl (C=O) groups is 1. The Morgan fingerprint density at radius 1 is 1.00 bits per heavy atom. The first-order valence-electron chi connectivity index (χ1n) is 13.3. The highest BCUT2D eigenvalue weighted by Gasteiger charge is 2.32. The number of halogens is 4. The van der Waals surface area contributed by atoms with Gasteiger partial charge in [-0.1, -0.05) is 56.3 Å². The third-order valence-electron chi connectivity index (χ3n) is 7.14. The quantitative estimate of drug-likeness (QED) is 0.280. The van der Waals surface area contributed by atoms with Crippen LogP contribution in [0.5, 0.6) is 5.75 Å². The lowest BCUT2D eigenvalue weighted by atomic mass is 9.89. The van der Waals surface area contributed by atoms with Gasteiger partial charge in [-0.25, -0.2) is 4.39 Å². The number of ether oxygens (including phenoxy) is 1. The number of amides is 1. The van der Waals surface area contributed by atoms with Crippen molar-refractivity contribution in [2.24, 2.45) is 5.92 Å². The maximum absolute atomic E-state index is 14.4. The fourth-order valence-corrected chi connectivity index (χ4v) is 4.83. The van der Waals surface area contributed by atoms with Crippen LogP contribution in [0.15, 0.2) is 72.8 Å². The van der Waals surface area contributed by atoms with Crippen LogP contribution < -0.4 is 10.1 Å². The summed E-state index contributed by atoms with van der Waals surface area (Å²) in [6.07, 6.45) is -2.79. The molecule has 0 bridgehead atoms. The third kappa shape index (κ3) is 7.82. The molecule has 39 heavy (non-hydrogen) atoms. The summed E-state index contributed by atoms with van der Waals surface area (Å²) in [6.45, 7) is 6.09. The summed E-state index contributed by atoms with van der Waals surface area (Å²) in [7, 11) is 0. The van der Waals surface area contributed by atoms with E-state index >= 15 is 0 Å². The molecular formula is C31H34F4N2O2. The molecule has 4 rings (SSSR count). The van der Waals surface area contributed by atoms with Gasteiger partial charge >= 0.3 is 6.18 Å². The average Bonchev–Trinajstić information content (AvgIpc) is 2.92. The van der Waals surface area contributed by atoms with Crippen molar-refractivity contribution in [3.05, 3.63) is 95.3 Å². The minimum atomic E-state index is -4.59. The lowest BCUT2D eigenvalue weighted by Gasteiger charge is -2.33. The number of nitrogens with zero attached hydrogens (tertiary/aromatic N) is 1. The second-order valence-electron chi connectivity index (χ2n) is 10.3. The van der Waals surface area contributed by atoms with Crippen LogP contribution in [0.2, 0.25) is 0 Å². The summed E-state index contributed by atoms with van der Waals surface area (Å²) in [5.41, 5.74) is 1.84. The maximum atomic E-state index is 14.4. The van der Waals surface area contributed by atoms with Crippen LogP contribution >= 0.6 is 0 Å². The van der Waals surface area contributed by atoms with E-state index in [1.165, 1.54) is 5.56 Å². The van der Waals surface area contributed by atoms with Gasteiger partial charge in [-0.3, -0.25) is 4.79 Å². The van der Waals surface area contributed by atoms with Crippen LogP contribution in [0.25, 0.3) is 0 Å². The van der Waals surface area contributed by atoms with Crippen molar-refractivity contribution in [2.75, 3.05) is 25.0 Å². The number of benzene rings is 3. The molecule has 1 saturated heterocycles. The van der Waals surface area contributed by atoms with Gasteiger partial charge in [0.25, 0.3) is 0 Å². The first-order valence-corrected chi connectivity index (χ1v) is 13.3. The fraction of sp³-hybridized carbons (Fsp3) is 0.387. The lowest BCUT2D eigenvalue weighted by molar-refractivity contribution is -0.137. The summed E-state index contributed by atoms with van der Waals surface area (Å²) < 4.78 is 60.0. The molecule has 208 valence electrons. The smallest absolute Gasteiger partial charge is 0.416 e. The number of anilines is 1. The molecule has 1 atom stereocenters. The van der Waals surface area contributed by atoms with E-state index in [1.54, 1.807) is 0 Å². The Bertz CT molecular complexity index is 1240. The molecule has 1 N–H and O–H groups in total. The molecule has 3 aromatic carbocycles. The van der Waals surface area contributed by atoms with E-state index in [9.17, 15) is 22.4 Å². The highest BCUT2D eigenvalue weighted by molar-refractivity contribution is 5.92. The van der Waals surface area contributed by atoms with Gasteiger partial charge < -0.3 is 15.0 Å². The first-order chi connectivity index (χ1) is 18.6. The van der Waals surface area contributed by atoms with Gasteiger partial charge in [0.1, 0.15) is 6.10 Å². The van der Waals surface area contributed by atoms with Gasteiger partial charge in [0.2, 0.25) is 5.91 Å². The minimum Gasteiger partial charge on any atom is -0.483 e. The molecule has 1 aliphatic rings. The molecule has 0 spiro atoms. The Hall–Kier alpha value is -3.39. The minimum absolute atomic E-state index is 0.0119. The van der Waals surface area contributed by atoms with Crippen molar-refractivity contribution in [2.45, 2.75) is 51.3 Å². The first kappa shape index (κ1) is 28.6. The number of hydrogen-bond acceptors (Lipinski definition) is 3. The van der Waals surface area contributed by atoms with Gasteiger partial charge in [-0.15, -0.1) is 0 Å². The standard InChI is InChI=1S/C31H34F4N2O2/c1-21(2)30(38)36-26-10-6-9-24(19-26)22-13-16-37(17-14-22)18-15-28(23-7-4-3-5-8-23)39-29-20-25(31(33,34)35)11-12-27(29)32/h3-12,19-22,28H,13-18H2,1-2H3,(H,36,38)/t28-/m1/s1. The Morgan fingerprint density at radius 2 is 1.72 bits per heavy atom. The summed E-state index contributed by atoms with van der Waals surface area (Å²) in [5.74, 6) is -0.955. The van der Waals surface area contributed by atoms with E-state index in [4.69, 9.17) is 4.74 Å². The number of hydrogen-bond donors (Lipinski definition) is 1. The van der Waals surface area contributed by atoms with Crippen molar-refractivity contribution in [3.63, 3.8) is 0 Å². The zero-order valence-corrected chi connectivity index (χ0v) is 22.2. The predicted octanol–water partition coefficient (Wildman–Crippen LogP) is 7.83. The van der Waals surface area contributed by atoms with Crippen LogP contribution in [-0.2, 0) is 11.0 Å². The molecule has 4 nitrogen and oxygen atoms in total. The van der Waals surface area contributed by atoms with Crippen molar-refractivity contribution in [3.8, 4) is 5.75 Å². The molecule has 3 aromatic rings. The molecule has 1 heterocycles. The number of piperidine rings is 1. The number of alkyl halides is 3. The normalized spacial score (nSPS) is 15.8. The van der Waals surface area contributed by atoms with Crippen molar-refractivity contribution >= 4 is 11.6 Å². The topological polar surface area (TPSA) is 41.6 Å². The second-order valence-corrected chi connectivity index (χ2v) is 10.3. The average molecular weight is 543 g/mol. The second kappa shape index (κ2) is 12.6. The zero-order chi connectivity index (χ0) is 28.0. The molecular weight excluding hydrogens is 508 g/mol. The van der Waals surface area contributed by atoms with Crippen LogP contribution in [0, 0.1) is 11.7 Å². The van der Waals surface area contributed by atoms with Crippen LogP contribution in [0.3, 0.4) is 0 Å². The highest BCUT2D eigenvalue weighted by Crippen LogP contribution is 2.35. The summed E-state index contributed by atoms with van der Waals surface area (Å²) in [4.78, 5) is 14.4. The molecule has 0 aromatic heterocycles. The molecule has 0 saturated carbocycles. The molecule has 1 aliphatic heterocycles. The summed E-state index contributed by atoms with van der Waals surface area (Å²) in [5, 5.41) is 2.96. The molecule has 0 unspecified atom stereocenters. The lowest BCUT2D eigenvalue weighted by Crippen LogP contribution is -2.34. The van der Waals surface area contributed by atoms with E-state index in [0.29, 0.717) is 18.9 Å². The van der Waals surface area contributed by atoms with Crippen LogP contribution in [0.1, 0.15) is 61.8 Å². The van der Waals surface area contributed by atoms with Crippen molar-refractivity contribution < 1.29 is 27.1 Å². The Balaban J connectivity index is 1.38. The maximum Gasteiger partial charge on any atom is 0.416 e. The monoisotopic (exact) mass is 542 g/mol. The molecule has 0 aliphatic carbocycles. The largest absolute Gasteiger partial charge is 0.483 e. The Kier molecular flexibility index (Phi) is 9.28. The van der Waals surface area contributed by atoms with Gasteiger partial charge in [0.15, 0.2) is 11.6 Å². The van der Waals surface area contributed by atoms with Gasteiger partial charge in [-0.05, 0) is 73.3 Å². The summed E-state index contributed by atoms with van der Waals surface area (Å²) >= 11 is 0. The van der Waals surface area contributed by atoms with Crippen LogP contribution in [-0.4, -0.2) is 30.4 Å². The SMILES string of the molecule is CC(C)C(=O)Nc1cccc(C2CCN(CC[C@@H](Oc3cc(C(F)(F)F)ccc3F)c3ccccc3)CC2)c1. The Labute approximate surface area is 227 Å². The number of carbonyl (C=O) groups excluding carboxylic acids is 1. The number of rotatable bonds is 9. The number of likely N-dealkylation sites (tertiary alicyclic amines) is 1. The van der Waals surface area contributed by atoms with Crippen molar-refractivity contribution in [1.29, 1.82) is 0 Å². The summed E-state index contributed by atoms with van der Waals surface area (Å²) in [6, 6.07) is 19.4.